The van der Waals surface area contributed by atoms with E-state index < -0.39 is 0 Å². The predicted molar refractivity (Wildman–Crippen MR) is 72.1 cm³/mol. The summed E-state index contributed by atoms with van der Waals surface area (Å²) in [5.74, 6) is 3.44. The lowest BCUT2D eigenvalue weighted by Crippen LogP contribution is -2.21. The molecule has 4 nitrogen and oxygen atoms in total. The van der Waals surface area contributed by atoms with Crippen molar-refractivity contribution in [2.45, 2.75) is 45.8 Å². The molecule has 1 aromatic rings. The molecule has 0 saturated carbocycles. The third-order valence-corrected chi connectivity index (χ3v) is 4.15. The van der Waals surface area contributed by atoms with Crippen LogP contribution in [0.4, 0.5) is 0 Å². The van der Waals surface area contributed by atoms with Crippen molar-refractivity contribution >= 4 is 5.78 Å². The van der Waals surface area contributed by atoms with Crippen molar-refractivity contribution in [3.8, 4) is 17.2 Å². The molecule has 0 saturated heterocycles. The van der Waals surface area contributed by atoms with Crippen LogP contribution in [0.2, 0.25) is 0 Å². The zero-order chi connectivity index (χ0) is 13.9. The second-order valence-electron chi connectivity index (χ2n) is 5.58. The summed E-state index contributed by atoms with van der Waals surface area (Å²) in [6.45, 7) is 3.85. The van der Waals surface area contributed by atoms with Crippen LogP contribution >= 0.6 is 0 Å². The van der Waals surface area contributed by atoms with Crippen molar-refractivity contribution in [2.24, 2.45) is 0 Å². The minimum atomic E-state index is -0.267. The Morgan fingerprint density at radius 2 is 2.05 bits per heavy atom. The van der Waals surface area contributed by atoms with E-state index in [1.165, 1.54) is 0 Å². The number of Topliss-reactive ketones (excluding diaryl/α,β-unsaturated/α-hetero) is 1. The van der Waals surface area contributed by atoms with Gasteiger partial charge in [-0.2, -0.15) is 0 Å². The Kier molecular flexibility index (Phi) is 2.37. The molecule has 3 aliphatic rings. The molecule has 0 spiro atoms. The fourth-order valence-corrected chi connectivity index (χ4v) is 3.18. The van der Waals surface area contributed by atoms with Gasteiger partial charge in [-0.3, -0.25) is 4.79 Å². The number of benzene rings is 1. The van der Waals surface area contributed by atoms with Gasteiger partial charge < -0.3 is 14.2 Å². The molecule has 104 valence electrons. The van der Waals surface area contributed by atoms with E-state index in [-0.39, 0.29) is 12.1 Å². The standard InChI is InChI=1S/C16H16O4/c1-8-15-10(7-14-16(8)19-9(2)18-14)6-11-12(17)4-3-5-13(11)20-15/h7,9H,3-6H2,1-2H3. The molecule has 4 heteroatoms. The second-order valence-corrected chi connectivity index (χ2v) is 5.58. The highest BCUT2D eigenvalue weighted by Gasteiger charge is 2.33. The predicted octanol–water partition coefficient (Wildman–Crippen LogP) is 3.05. The maximum Gasteiger partial charge on any atom is 0.238 e. The van der Waals surface area contributed by atoms with Crippen molar-refractivity contribution < 1.29 is 19.0 Å². The Balaban J connectivity index is 1.81. The SMILES string of the molecule is Cc1c2c(cc3c1OC(C)O3)CC1=C(CCCC1=O)O2. The zero-order valence-corrected chi connectivity index (χ0v) is 11.6. The van der Waals surface area contributed by atoms with E-state index in [9.17, 15) is 4.79 Å². The molecule has 0 bridgehead atoms. The average Bonchev–Trinajstić information content (AvgIpc) is 2.79. The number of carbonyl (C=O) groups excluding carboxylic acids is 1. The number of ether oxygens (including phenoxy) is 3. The fourth-order valence-electron chi connectivity index (χ4n) is 3.18. The number of rotatable bonds is 0. The summed E-state index contributed by atoms with van der Waals surface area (Å²) in [4.78, 5) is 12.0. The summed E-state index contributed by atoms with van der Waals surface area (Å²) < 4.78 is 17.3. The van der Waals surface area contributed by atoms with Gasteiger partial charge in [-0.1, -0.05) is 0 Å². The van der Waals surface area contributed by atoms with Crippen molar-refractivity contribution in [3.05, 3.63) is 28.5 Å². The summed E-state index contributed by atoms with van der Waals surface area (Å²) in [5, 5.41) is 0. The smallest absolute Gasteiger partial charge is 0.238 e. The van der Waals surface area contributed by atoms with E-state index in [4.69, 9.17) is 14.2 Å². The minimum absolute atomic E-state index is 0.223. The number of carbonyl (C=O) groups is 1. The van der Waals surface area contributed by atoms with Crippen LogP contribution in [0.1, 0.15) is 37.3 Å². The molecule has 1 unspecified atom stereocenters. The molecule has 0 N–H and O–H groups in total. The molecule has 2 aliphatic heterocycles. The van der Waals surface area contributed by atoms with Crippen LogP contribution in [0.25, 0.3) is 0 Å². The molecular weight excluding hydrogens is 256 g/mol. The van der Waals surface area contributed by atoms with Crippen LogP contribution in [0.3, 0.4) is 0 Å². The molecule has 1 atom stereocenters. The Bertz CT molecular complexity index is 657. The van der Waals surface area contributed by atoms with E-state index >= 15 is 0 Å². The van der Waals surface area contributed by atoms with Crippen molar-refractivity contribution in [1.82, 2.24) is 0 Å². The first-order valence-corrected chi connectivity index (χ1v) is 7.06. The highest BCUT2D eigenvalue weighted by Crippen LogP contribution is 2.47. The Morgan fingerprint density at radius 1 is 1.20 bits per heavy atom. The van der Waals surface area contributed by atoms with Crippen LogP contribution < -0.4 is 14.2 Å². The third kappa shape index (κ3) is 1.57. The summed E-state index contributed by atoms with van der Waals surface area (Å²) in [7, 11) is 0. The molecule has 0 aromatic heterocycles. The Labute approximate surface area is 117 Å². The highest BCUT2D eigenvalue weighted by molar-refractivity contribution is 5.97. The van der Waals surface area contributed by atoms with Gasteiger partial charge in [0.15, 0.2) is 17.3 Å². The van der Waals surface area contributed by atoms with Crippen LogP contribution in [-0.4, -0.2) is 12.1 Å². The Hall–Kier alpha value is -1.97. The number of allylic oxidation sites excluding steroid dienone is 2. The fraction of sp³-hybridized carbons (Fsp3) is 0.438. The molecule has 2 heterocycles. The molecule has 1 aliphatic carbocycles. The van der Waals surface area contributed by atoms with Crippen molar-refractivity contribution in [1.29, 1.82) is 0 Å². The van der Waals surface area contributed by atoms with Crippen LogP contribution in [-0.2, 0) is 11.2 Å². The van der Waals surface area contributed by atoms with Gasteiger partial charge in [-0.25, -0.2) is 0 Å². The lowest BCUT2D eigenvalue weighted by atomic mass is 9.88. The van der Waals surface area contributed by atoms with Gasteiger partial charge in [0.1, 0.15) is 11.5 Å². The largest absolute Gasteiger partial charge is 0.461 e. The van der Waals surface area contributed by atoms with Gasteiger partial charge >= 0.3 is 0 Å². The molecule has 0 fully saturated rings. The minimum Gasteiger partial charge on any atom is -0.461 e. The summed E-state index contributed by atoms with van der Waals surface area (Å²) >= 11 is 0. The number of hydrogen-bond acceptors (Lipinski definition) is 4. The molecule has 4 rings (SSSR count). The van der Waals surface area contributed by atoms with Crippen LogP contribution in [0.15, 0.2) is 17.4 Å². The molecule has 20 heavy (non-hydrogen) atoms. The lowest BCUT2D eigenvalue weighted by Gasteiger charge is -2.27. The van der Waals surface area contributed by atoms with E-state index in [0.717, 1.165) is 52.5 Å². The highest BCUT2D eigenvalue weighted by atomic mass is 16.7. The number of ketones is 1. The van der Waals surface area contributed by atoms with Gasteiger partial charge in [0.2, 0.25) is 6.29 Å². The van der Waals surface area contributed by atoms with Gasteiger partial charge in [0.05, 0.1) is 0 Å². The molecule has 1 aromatic carbocycles. The normalized spacial score (nSPS) is 23.3. The van der Waals surface area contributed by atoms with E-state index in [1.807, 2.05) is 19.9 Å². The second kappa shape index (κ2) is 4.01. The van der Waals surface area contributed by atoms with Gasteiger partial charge in [-0.15, -0.1) is 0 Å². The Morgan fingerprint density at radius 3 is 2.90 bits per heavy atom. The lowest BCUT2D eigenvalue weighted by molar-refractivity contribution is -0.116. The number of fused-ring (bicyclic) bond motifs is 2. The first kappa shape index (κ1) is 11.8. The maximum absolute atomic E-state index is 12.0. The summed E-state index contributed by atoms with van der Waals surface area (Å²) in [5.41, 5.74) is 2.83. The molecule has 0 amide bonds. The van der Waals surface area contributed by atoms with E-state index in [1.54, 1.807) is 0 Å². The van der Waals surface area contributed by atoms with E-state index in [2.05, 4.69) is 0 Å². The summed E-state index contributed by atoms with van der Waals surface area (Å²) in [6.07, 6.45) is 2.75. The molecule has 0 radical (unpaired) electrons. The third-order valence-electron chi connectivity index (χ3n) is 4.15. The topological polar surface area (TPSA) is 44.8 Å². The quantitative estimate of drug-likeness (QED) is 0.728. The average molecular weight is 272 g/mol. The monoisotopic (exact) mass is 272 g/mol. The summed E-state index contributed by atoms with van der Waals surface area (Å²) in [6, 6.07) is 1.95. The van der Waals surface area contributed by atoms with Gasteiger partial charge in [-0.05, 0) is 19.4 Å². The van der Waals surface area contributed by atoms with Gasteiger partial charge in [0, 0.05) is 42.9 Å². The van der Waals surface area contributed by atoms with Crippen LogP contribution in [0.5, 0.6) is 17.2 Å². The van der Waals surface area contributed by atoms with Crippen molar-refractivity contribution in [2.75, 3.05) is 0 Å². The van der Waals surface area contributed by atoms with Gasteiger partial charge in [0.25, 0.3) is 0 Å². The zero-order valence-electron chi connectivity index (χ0n) is 11.6. The van der Waals surface area contributed by atoms with Crippen molar-refractivity contribution in [3.63, 3.8) is 0 Å². The van der Waals surface area contributed by atoms with Crippen LogP contribution in [0, 0.1) is 6.92 Å². The number of hydrogen-bond donors (Lipinski definition) is 0. The maximum atomic E-state index is 12.0. The van der Waals surface area contributed by atoms with E-state index in [0.29, 0.717) is 12.8 Å². The first-order valence-electron chi connectivity index (χ1n) is 7.06. The molecular formula is C16H16O4. The first-order chi connectivity index (χ1) is 9.63.